The average molecular weight is 307 g/mol. The van der Waals surface area contributed by atoms with Crippen molar-refractivity contribution in [3.63, 3.8) is 0 Å². The van der Waals surface area contributed by atoms with Crippen LogP contribution in [-0.2, 0) is 20.4 Å². The second-order valence-corrected chi connectivity index (χ2v) is 7.46. The predicted molar refractivity (Wildman–Crippen MR) is 80.6 cm³/mol. The van der Waals surface area contributed by atoms with Gasteiger partial charge in [-0.1, -0.05) is 26.0 Å². The van der Waals surface area contributed by atoms with Gasteiger partial charge in [0.1, 0.15) is 0 Å². The van der Waals surface area contributed by atoms with Crippen molar-refractivity contribution >= 4 is 26.7 Å². The summed E-state index contributed by atoms with van der Waals surface area (Å²) < 4.78 is 24.6. The van der Waals surface area contributed by atoms with Crippen LogP contribution in [0.4, 0.5) is 0 Å². The summed E-state index contributed by atoms with van der Waals surface area (Å²) in [6.07, 6.45) is 1.66. The second kappa shape index (κ2) is 5.81. The smallest absolute Gasteiger partial charge is 0.322 e. The number of nitrogens with zero attached hydrogens (tertiary/aromatic N) is 1. The number of sulfone groups is 1. The van der Waals surface area contributed by atoms with Gasteiger partial charge in [-0.15, -0.1) is 0 Å². The first-order valence-electron chi connectivity index (χ1n) is 6.59. The molecule has 0 spiro atoms. The molecule has 21 heavy (non-hydrogen) atoms. The summed E-state index contributed by atoms with van der Waals surface area (Å²) in [5.74, 6) is -2.06. The zero-order chi connectivity index (χ0) is 15.6. The molecule has 1 N–H and O–H groups in total. The molecule has 6 heteroatoms. The standard InChI is InChI=1S/C15H17NO4S/c1-10(2)14(15(17)18)21(19,20)9-11-5-6-13-12(8-11)4-3-7-16-13/h3-8,10,14H,9H2,1-2H3,(H,17,18). The van der Waals surface area contributed by atoms with Crippen LogP contribution in [0, 0.1) is 5.92 Å². The minimum atomic E-state index is -3.76. The van der Waals surface area contributed by atoms with Gasteiger partial charge >= 0.3 is 5.97 Å². The fraction of sp³-hybridized carbons (Fsp3) is 0.333. The molecule has 1 atom stereocenters. The van der Waals surface area contributed by atoms with Crippen LogP contribution in [0.15, 0.2) is 36.5 Å². The first-order valence-corrected chi connectivity index (χ1v) is 8.31. The maximum Gasteiger partial charge on any atom is 0.322 e. The van der Waals surface area contributed by atoms with Crippen molar-refractivity contribution in [2.45, 2.75) is 24.9 Å². The molecule has 1 unspecified atom stereocenters. The number of carbonyl (C=O) groups is 1. The first kappa shape index (κ1) is 15.4. The van der Waals surface area contributed by atoms with Gasteiger partial charge in [0.2, 0.25) is 0 Å². The highest BCUT2D eigenvalue weighted by Crippen LogP contribution is 2.20. The number of rotatable bonds is 5. The molecule has 0 saturated carbocycles. The third-order valence-electron chi connectivity index (χ3n) is 3.27. The molecule has 5 nitrogen and oxygen atoms in total. The average Bonchev–Trinajstić information content (AvgIpc) is 2.36. The number of fused-ring (bicyclic) bond motifs is 1. The van der Waals surface area contributed by atoms with E-state index in [9.17, 15) is 13.2 Å². The number of pyridine rings is 1. The van der Waals surface area contributed by atoms with Crippen molar-refractivity contribution < 1.29 is 18.3 Å². The van der Waals surface area contributed by atoms with Gasteiger partial charge in [0, 0.05) is 11.6 Å². The largest absolute Gasteiger partial charge is 0.480 e. The van der Waals surface area contributed by atoms with Gasteiger partial charge in [-0.05, 0) is 29.7 Å². The van der Waals surface area contributed by atoms with Crippen LogP contribution in [0.2, 0.25) is 0 Å². The van der Waals surface area contributed by atoms with Crippen LogP contribution >= 0.6 is 0 Å². The zero-order valence-electron chi connectivity index (χ0n) is 11.9. The van der Waals surface area contributed by atoms with Gasteiger partial charge in [0.05, 0.1) is 11.3 Å². The molecule has 0 aliphatic carbocycles. The molecular formula is C15H17NO4S. The third-order valence-corrected chi connectivity index (χ3v) is 5.53. The lowest BCUT2D eigenvalue weighted by Gasteiger charge is -2.17. The number of carboxylic acids is 1. The van der Waals surface area contributed by atoms with Gasteiger partial charge < -0.3 is 5.11 Å². The normalized spacial score (nSPS) is 13.5. The Kier molecular flexibility index (Phi) is 4.27. The molecule has 1 aromatic heterocycles. The van der Waals surface area contributed by atoms with E-state index in [1.807, 2.05) is 6.07 Å². The molecule has 1 aromatic carbocycles. The Morgan fingerprint density at radius 2 is 2.00 bits per heavy atom. The molecule has 0 radical (unpaired) electrons. The Bertz CT molecular complexity index is 768. The van der Waals surface area contributed by atoms with Crippen LogP contribution in [-0.4, -0.2) is 29.7 Å². The van der Waals surface area contributed by atoms with Crippen LogP contribution in [0.25, 0.3) is 10.9 Å². The van der Waals surface area contributed by atoms with Crippen molar-refractivity contribution in [1.29, 1.82) is 0 Å². The first-order chi connectivity index (χ1) is 9.81. The van der Waals surface area contributed by atoms with Crippen molar-refractivity contribution in [2.75, 3.05) is 0 Å². The number of aliphatic carboxylic acids is 1. The van der Waals surface area contributed by atoms with E-state index in [-0.39, 0.29) is 5.75 Å². The lowest BCUT2D eigenvalue weighted by molar-refractivity contribution is -0.137. The molecule has 0 bridgehead atoms. The van der Waals surface area contributed by atoms with Crippen molar-refractivity contribution in [3.8, 4) is 0 Å². The van der Waals surface area contributed by atoms with Crippen LogP contribution in [0.3, 0.4) is 0 Å². The zero-order valence-corrected chi connectivity index (χ0v) is 12.7. The molecule has 0 aliphatic rings. The van der Waals surface area contributed by atoms with E-state index in [4.69, 9.17) is 5.11 Å². The number of carboxylic acid groups (broad SMARTS) is 1. The SMILES string of the molecule is CC(C)C(C(=O)O)S(=O)(=O)Cc1ccc2ncccc2c1. The van der Waals surface area contributed by atoms with E-state index in [1.54, 1.807) is 44.3 Å². The van der Waals surface area contributed by atoms with Crippen LogP contribution < -0.4 is 0 Å². The molecule has 2 rings (SSSR count). The van der Waals surface area contributed by atoms with Gasteiger partial charge in [-0.2, -0.15) is 0 Å². The van der Waals surface area contributed by atoms with Gasteiger partial charge in [0.25, 0.3) is 0 Å². The van der Waals surface area contributed by atoms with Gasteiger partial charge in [-0.3, -0.25) is 9.78 Å². The highest BCUT2D eigenvalue weighted by Gasteiger charge is 2.35. The van der Waals surface area contributed by atoms with E-state index in [0.29, 0.717) is 5.56 Å². The molecule has 0 aliphatic heterocycles. The lowest BCUT2D eigenvalue weighted by Crippen LogP contribution is -2.35. The number of aromatic nitrogens is 1. The van der Waals surface area contributed by atoms with Crippen LogP contribution in [0.5, 0.6) is 0 Å². The van der Waals surface area contributed by atoms with Gasteiger partial charge in [-0.25, -0.2) is 8.42 Å². The topological polar surface area (TPSA) is 84.3 Å². The molecule has 2 aromatic rings. The summed E-state index contributed by atoms with van der Waals surface area (Å²) in [5.41, 5.74) is 1.35. The Balaban J connectivity index is 2.35. The highest BCUT2D eigenvalue weighted by molar-refractivity contribution is 7.92. The Hall–Kier alpha value is -1.95. The maximum atomic E-state index is 12.3. The third kappa shape index (κ3) is 3.39. The Morgan fingerprint density at radius 3 is 2.62 bits per heavy atom. The molecule has 112 valence electrons. The maximum absolute atomic E-state index is 12.3. The summed E-state index contributed by atoms with van der Waals surface area (Å²) in [4.78, 5) is 15.4. The molecule has 0 fully saturated rings. The summed E-state index contributed by atoms with van der Waals surface area (Å²) in [5, 5.41) is 8.59. The van der Waals surface area contributed by atoms with E-state index < -0.39 is 27.0 Å². The van der Waals surface area contributed by atoms with E-state index >= 15 is 0 Å². The minimum Gasteiger partial charge on any atom is -0.480 e. The van der Waals surface area contributed by atoms with Crippen LogP contribution in [0.1, 0.15) is 19.4 Å². The highest BCUT2D eigenvalue weighted by atomic mass is 32.2. The Morgan fingerprint density at radius 1 is 1.29 bits per heavy atom. The van der Waals surface area contributed by atoms with Crippen molar-refractivity contribution in [2.24, 2.45) is 5.92 Å². The van der Waals surface area contributed by atoms with E-state index in [0.717, 1.165) is 10.9 Å². The summed E-state index contributed by atoms with van der Waals surface area (Å²) in [7, 11) is -3.76. The fourth-order valence-electron chi connectivity index (χ4n) is 2.39. The lowest BCUT2D eigenvalue weighted by atomic mass is 10.1. The number of hydrogen-bond acceptors (Lipinski definition) is 4. The molecular weight excluding hydrogens is 290 g/mol. The number of benzene rings is 1. The van der Waals surface area contributed by atoms with E-state index in [1.165, 1.54) is 0 Å². The van der Waals surface area contributed by atoms with Gasteiger partial charge in [0.15, 0.2) is 15.1 Å². The predicted octanol–water partition coefficient (Wildman–Crippen LogP) is 2.26. The monoisotopic (exact) mass is 307 g/mol. The molecule has 0 saturated heterocycles. The Labute approximate surface area is 123 Å². The number of hydrogen-bond donors (Lipinski definition) is 1. The molecule has 1 heterocycles. The quantitative estimate of drug-likeness (QED) is 0.916. The summed E-state index contributed by atoms with van der Waals surface area (Å²) >= 11 is 0. The molecule has 0 amide bonds. The van der Waals surface area contributed by atoms with Crippen molar-refractivity contribution in [3.05, 3.63) is 42.1 Å². The summed E-state index contributed by atoms with van der Waals surface area (Å²) in [6.45, 7) is 3.20. The second-order valence-electron chi connectivity index (χ2n) is 5.34. The van der Waals surface area contributed by atoms with Crippen molar-refractivity contribution in [1.82, 2.24) is 4.98 Å². The fourth-order valence-corrected chi connectivity index (χ4v) is 4.35. The summed E-state index contributed by atoms with van der Waals surface area (Å²) in [6, 6.07) is 8.76. The van der Waals surface area contributed by atoms with E-state index in [2.05, 4.69) is 4.98 Å². The minimum absolute atomic E-state index is 0.285.